The minimum absolute atomic E-state index is 0.112. The van der Waals surface area contributed by atoms with Crippen LogP contribution in [0.25, 0.3) is 0 Å². The second-order valence-corrected chi connectivity index (χ2v) is 9.34. The predicted octanol–water partition coefficient (Wildman–Crippen LogP) is 5.13. The molecular weight excluding hydrogens is 494 g/mol. The highest BCUT2D eigenvalue weighted by Crippen LogP contribution is 2.07. The maximum Gasteiger partial charge on any atom is 0.408 e. The highest BCUT2D eigenvalue weighted by atomic mass is 16.6. The first-order chi connectivity index (χ1) is 19.0. The first-order valence-electron chi connectivity index (χ1n) is 13.3. The van der Waals surface area contributed by atoms with Crippen LogP contribution >= 0.6 is 0 Å². The molecule has 0 aliphatic heterocycles. The van der Waals surface area contributed by atoms with Crippen molar-refractivity contribution in [1.29, 1.82) is 0 Å². The lowest BCUT2D eigenvalue weighted by atomic mass is 10.1. The molecule has 0 bridgehead atoms. The molecule has 0 saturated heterocycles. The number of carbonyl (C=O) groups is 3. The molecule has 3 amide bonds. The third-order valence-electron chi connectivity index (χ3n) is 6.00. The van der Waals surface area contributed by atoms with Crippen LogP contribution in [0.1, 0.15) is 42.9 Å². The summed E-state index contributed by atoms with van der Waals surface area (Å²) >= 11 is 0. The van der Waals surface area contributed by atoms with Crippen LogP contribution in [0.5, 0.6) is 0 Å². The van der Waals surface area contributed by atoms with Crippen LogP contribution in [0.3, 0.4) is 0 Å². The zero-order chi connectivity index (χ0) is 27.7. The zero-order valence-corrected chi connectivity index (χ0v) is 22.3. The minimum atomic E-state index is -0.767. The van der Waals surface area contributed by atoms with Crippen molar-refractivity contribution in [2.75, 3.05) is 6.54 Å². The standard InChI is InChI=1S/C31H37N3O5/c1-24(21-25-13-5-2-6-14-25)33-29(35)28(34-31(37)39-23-27-17-9-4-10-18-27)19-11-12-20-32-30(36)38-22-26-15-7-3-8-16-26/h2-10,13-18,24,28H,11-12,19-23H2,1H3,(H,32,36)(H,33,35)(H,34,37)/t24-,28+/m0/s1. The summed E-state index contributed by atoms with van der Waals surface area (Å²) in [4.78, 5) is 37.5. The summed E-state index contributed by atoms with van der Waals surface area (Å²) in [6.07, 6.45) is 1.13. The SMILES string of the molecule is C[C@@H](Cc1ccccc1)NC(=O)[C@@H](CCCCNC(=O)OCc1ccccc1)NC(=O)OCc1ccccc1. The van der Waals surface area contributed by atoms with Gasteiger partial charge in [-0.1, -0.05) is 91.0 Å². The molecule has 206 valence electrons. The zero-order valence-electron chi connectivity index (χ0n) is 22.3. The molecule has 3 aromatic rings. The van der Waals surface area contributed by atoms with Crippen LogP contribution in [0.15, 0.2) is 91.0 Å². The smallest absolute Gasteiger partial charge is 0.408 e. The summed E-state index contributed by atoms with van der Waals surface area (Å²) in [6.45, 7) is 2.64. The van der Waals surface area contributed by atoms with Gasteiger partial charge in [0.1, 0.15) is 19.3 Å². The van der Waals surface area contributed by atoms with E-state index in [4.69, 9.17) is 9.47 Å². The van der Waals surface area contributed by atoms with E-state index in [0.717, 1.165) is 16.7 Å². The molecule has 3 aromatic carbocycles. The number of nitrogens with one attached hydrogen (secondary N) is 3. The monoisotopic (exact) mass is 531 g/mol. The van der Waals surface area contributed by atoms with Gasteiger partial charge in [0.05, 0.1) is 0 Å². The summed E-state index contributed by atoms with van der Waals surface area (Å²) in [5.41, 5.74) is 2.88. The number of unbranched alkanes of at least 4 members (excludes halogenated alkanes) is 1. The first kappa shape index (κ1) is 29.2. The Morgan fingerprint density at radius 3 is 1.74 bits per heavy atom. The van der Waals surface area contributed by atoms with Crippen LogP contribution in [0.4, 0.5) is 9.59 Å². The van der Waals surface area contributed by atoms with Crippen molar-refractivity contribution in [2.24, 2.45) is 0 Å². The average molecular weight is 532 g/mol. The molecule has 0 aliphatic rings. The molecule has 0 aromatic heterocycles. The van der Waals surface area contributed by atoms with Crippen LogP contribution in [-0.2, 0) is 33.9 Å². The Kier molecular flexibility index (Phi) is 12.4. The van der Waals surface area contributed by atoms with Gasteiger partial charge in [-0.2, -0.15) is 0 Å². The second kappa shape index (κ2) is 16.5. The Bertz CT molecular complexity index is 1140. The van der Waals surface area contributed by atoms with Gasteiger partial charge in [-0.3, -0.25) is 4.79 Å². The van der Waals surface area contributed by atoms with E-state index in [-0.39, 0.29) is 25.2 Å². The third-order valence-corrected chi connectivity index (χ3v) is 6.00. The molecule has 0 fully saturated rings. The molecule has 0 spiro atoms. The van der Waals surface area contributed by atoms with Gasteiger partial charge in [-0.05, 0) is 49.3 Å². The van der Waals surface area contributed by atoms with Crippen LogP contribution < -0.4 is 16.0 Å². The molecular formula is C31H37N3O5. The molecule has 0 heterocycles. The molecule has 8 nitrogen and oxygen atoms in total. The third kappa shape index (κ3) is 11.7. The topological polar surface area (TPSA) is 106 Å². The Labute approximate surface area is 230 Å². The van der Waals surface area contributed by atoms with E-state index in [9.17, 15) is 14.4 Å². The van der Waals surface area contributed by atoms with E-state index >= 15 is 0 Å². The van der Waals surface area contributed by atoms with E-state index in [1.807, 2.05) is 97.9 Å². The average Bonchev–Trinajstić information content (AvgIpc) is 2.95. The Hall–Kier alpha value is -4.33. The fraction of sp³-hybridized carbons (Fsp3) is 0.323. The summed E-state index contributed by atoms with van der Waals surface area (Å²) < 4.78 is 10.5. The highest BCUT2D eigenvalue weighted by molar-refractivity contribution is 5.85. The number of alkyl carbamates (subject to hydrolysis) is 2. The number of hydrogen-bond acceptors (Lipinski definition) is 5. The molecule has 3 N–H and O–H groups in total. The van der Waals surface area contributed by atoms with Gasteiger partial charge in [0.15, 0.2) is 0 Å². The number of hydrogen-bond donors (Lipinski definition) is 3. The van der Waals surface area contributed by atoms with Gasteiger partial charge in [0, 0.05) is 12.6 Å². The molecule has 0 saturated carbocycles. The molecule has 3 rings (SSSR count). The van der Waals surface area contributed by atoms with E-state index in [1.54, 1.807) is 0 Å². The molecule has 39 heavy (non-hydrogen) atoms. The van der Waals surface area contributed by atoms with Crippen molar-refractivity contribution < 1.29 is 23.9 Å². The minimum Gasteiger partial charge on any atom is -0.445 e. The van der Waals surface area contributed by atoms with Gasteiger partial charge in [-0.15, -0.1) is 0 Å². The van der Waals surface area contributed by atoms with Crippen molar-refractivity contribution in [3.05, 3.63) is 108 Å². The Morgan fingerprint density at radius 2 is 1.18 bits per heavy atom. The van der Waals surface area contributed by atoms with E-state index in [2.05, 4.69) is 16.0 Å². The normalized spacial score (nSPS) is 12.0. The summed E-state index contributed by atoms with van der Waals surface area (Å²) in [7, 11) is 0. The van der Waals surface area contributed by atoms with Gasteiger partial charge in [0.25, 0.3) is 0 Å². The maximum absolute atomic E-state index is 13.1. The summed E-state index contributed by atoms with van der Waals surface area (Å²) in [6, 6.07) is 27.8. The fourth-order valence-electron chi connectivity index (χ4n) is 3.98. The molecule has 0 unspecified atom stereocenters. The summed E-state index contributed by atoms with van der Waals surface area (Å²) in [5.74, 6) is -0.273. The van der Waals surface area contributed by atoms with Crippen molar-refractivity contribution in [2.45, 2.75) is 57.9 Å². The number of rotatable bonds is 14. The van der Waals surface area contributed by atoms with Crippen molar-refractivity contribution in [3.63, 3.8) is 0 Å². The van der Waals surface area contributed by atoms with Crippen LogP contribution in [-0.4, -0.2) is 36.7 Å². The van der Waals surface area contributed by atoms with Crippen molar-refractivity contribution in [3.8, 4) is 0 Å². The maximum atomic E-state index is 13.1. The van der Waals surface area contributed by atoms with Gasteiger partial charge in [0.2, 0.25) is 5.91 Å². The Balaban J connectivity index is 1.44. The Morgan fingerprint density at radius 1 is 0.667 bits per heavy atom. The molecule has 0 aliphatic carbocycles. The van der Waals surface area contributed by atoms with Crippen LogP contribution in [0.2, 0.25) is 0 Å². The number of ether oxygens (including phenoxy) is 2. The van der Waals surface area contributed by atoms with E-state index < -0.39 is 18.2 Å². The lowest BCUT2D eigenvalue weighted by Gasteiger charge is -2.21. The second-order valence-electron chi connectivity index (χ2n) is 9.34. The van der Waals surface area contributed by atoms with Crippen LogP contribution in [0, 0.1) is 0 Å². The van der Waals surface area contributed by atoms with Crippen molar-refractivity contribution in [1.82, 2.24) is 16.0 Å². The highest BCUT2D eigenvalue weighted by Gasteiger charge is 2.22. The van der Waals surface area contributed by atoms with Gasteiger partial charge < -0.3 is 25.4 Å². The van der Waals surface area contributed by atoms with E-state index in [1.165, 1.54) is 0 Å². The molecule has 2 atom stereocenters. The number of benzene rings is 3. The number of amides is 3. The molecule has 8 heteroatoms. The predicted molar refractivity (Wildman–Crippen MR) is 150 cm³/mol. The lowest BCUT2D eigenvalue weighted by Crippen LogP contribution is -2.49. The van der Waals surface area contributed by atoms with E-state index in [0.29, 0.717) is 32.2 Å². The van der Waals surface area contributed by atoms with Gasteiger partial charge >= 0.3 is 12.2 Å². The van der Waals surface area contributed by atoms with Gasteiger partial charge in [-0.25, -0.2) is 9.59 Å². The lowest BCUT2D eigenvalue weighted by molar-refractivity contribution is -0.123. The summed E-state index contributed by atoms with van der Waals surface area (Å²) in [5, 5.41) is 8.43. The van der Waals surface area contributed by atoms with Crippen molar-refractivity contribution >= 4 is 18.1 Å². The quantitative estimate of drug-likeness (QED) is 0.250. The first-order valence-corrected chi connectivity index (χ1v) is 13.3. The molecule has 0 radical (unpaired) electrons. The number of carbonyl (C=O) groups excluding carboxylic acids is 3. The largest absolute Gasteiger partial charge is 0.445 e. The fourth-order valence-corrected chi connectivity index (χ4v) is 3.98.